The van der Waals surface area contributed by atoms with E-state index in [2.05, 4.69) is 21.0 Å². The Hall–Kier alpha value is -1.27. The molecule has 0 amide bonds. The Kier molecular flexibility index (Phi) is 3.77. The molecule has 2 N–H and O–H groups in total. The second kappa shape index (κ2) is 5.16. The van der Waals surface area contributed by atoms with E-state index in [4.69, 9.17) is 5.73 Å². The van der Waals surface area contributed by atoms with Crippen LogP contribution in [0.1, 0.15) is 24.2 Å². The van der Waals surface area contributed by atoms with E-state index in [0.29, 0.717) is 16.7 Å². The summed E-state index contributed by atoms with van der Waals surface area (Å²) in [4.78, 5) is 0. The number of nitrogens with zero attached hydrogens (tertiary/aromatic N) is 2. The van der Waals surface area contributed by atoms with Crippen LogP contribution in [-0.2, 0) is 6.54 Å². The summed E-state index contributed by atoms with van der Waals surface area (Å²) < 4.78 is 29.2. The van der Waals surface area contributed by atoms with E-state index in [1.54, 1.807) is 10.9 Å². The van der Waals surface area contributed by atoms with Crippen LogP contribution in [0.2, 0.25) is 0 Å². The molecular weight excluding hydrogens is 304 g/mol. The van der Waals surface area contributed by atoms with Crippen LogP contribution in [0.5, 0.6) is 0 Å². The topological polar surface area (TPSA) is 43.8 Å². The second-order valence-corrected chi connectivity index (χ2v) is 4.67. The normalized spacial score (nSPS) is 12.7. The largest absolute Gasteiger partial charge is 0.319 e. The van der Waals surface area contributed by atoms with Crippen LogP contribution in [0, 0.1) is 11.6 Å². The summed E-state index contributed by atoms with van der Waals surface area (Å²) >= 11 is 3.32. The number of aryl methyl sites for hydroxylation is 1. The fourth-order valence-electron chi connectivity index (χ4n) is 1.84. The van der Waals surface area contributed by atoms with Crippen molar-refractivity contribution in [2.45, 2.75) is 19.5 Å². The third-order valence-corrected chi connectivity index (χ3v) is 3.35. The van der Waals surface area contributed by atoms with Crippen molar-refractivity contribution in [3.63, 3.8) is 0 Å². The molecular formula is C12H12BrF2N3. The molecule has 0 saturated heterocycles. The maximum Gasteiger partial charge on any atom is 0.163 e. The number of hydrogen-bond acceptors (Lipinski definition) is 2. The Balaban J connectivity index is 2.51. The molecule has 0 aliphatic carbocycles. The van der Waals surface area contributed by atoms with Crippen molar-refractivity contribution in [3.05, 3.63) is 51.8 Å². The quantitative estimate of drug-likeness (QED) is 0.946. The maximum atomic E-state index is 13.7. The minimum atomic E-state index is -0.916. The summed E-state index contributed by atoms with van der Waals surface area (Å²) in [6, 6.07) is 3.21. The summed E-state index contributed by atoms with van der Waals surface area (Å²) in [6.07, 6.45) is 1.59. The van der Waals surface area contributed by atoms with Gasteiger partial charge in [0.25, 0.3) is 0 Å². The first-order valence-electron chi connectivity index (χ1n) is 5.47. The molecule has 2 rings (SSSR count). The number of aromatic nitrogens is 2. The SMILES string of the molecule is CCn1ncc(Br)c1C(N)c1cccc(F)c1F. The average molecular weight is 316 g/mol. The zero-order valence-corrected chi connectivity index (χ0v) is 11.3. The highest BCUT2D eigenvalue weighted by Gasteiger charge is 2.22. The van der Waals surface area contributed by atoms with E-state index >= 15 is 0 Å². The molecule has 0 spiro atoms. The Labute approximate surface area is 112 Å². The summed E-state index contributed by atoms with van der Waals surface area (Å²) in [5.74, 6) is -1.82. The smallest absolute Gasteiger partial charge is 0.163 e. The molecule has 0 aliphatic heterocycles. The van der Waals surface area contributed by atoms with E-state index < -0.39 is 17.7 Å². The fraction of sp³-hybridized carbons (Fsp3) is 0.250. The average Bonchev–Trinajstić information content (AvgIpc) is 2.73. The lowest BCUT2D eigenvalue weighted by Gasteiger charge is -2.15. The maximum absolute atomic E-state index is 13.7. The monoisotopic (exact) mass is 315 g/mol. The van der Waals surface area contributed by atoms with Gasteiger partial charge in [-0.1, -0.05) is 12.1 Å². The summed E-state index contributed by atoms with van der Waals surface area (Å²) in [5.41, 5.74) is 6.75. The molecule has 0 bridgehead atoms. The van der Waals surface area contributed by atoms with E-state index in [9.17, 15) is 8.78 Å². The lowest BCUT2D eigenvalue weighted by atomic mass is 10.0. The molecule has 1 atom stereocenters. The summed E-state index contributed by atoms with van der Waals surface area (Å²) in [5, 5.41) is 4.11. The van der Waals surface area contributed by atoms with Crippen molar-refractivity contribution in [2.75, 3.05) is 0 Å². The number of benzene rings is 1. The van der Waals surface area contributed by atoms with Gasteiger partial charge in [-0.3, -0.25) is 4.68 Å². The van der Waals surface area contributed by atoms with Crippen molar-refractivity contribution in [3.8, 4) is 0 Å². The Morgan fingerprint density at radius 1 is 1.44 bits per heavy atom. The van der Waals surface area contributed by atoms with E-state index in [1.807, 2.05) is 6.92 Å². The molecule has 2 aromatic rings. The van der Waals surface area contributed by atoms with Crippen molar-refractivity contribution in [1.82, 2.24) is 9.78 Å². The van der Waals surface area contributed by atoms with Gasteiger partial charge in [-0.25, -0.2) is 8.78 Å². The first kappa shape index (κ1) is 13.2. The standard InChI is InChI=1S/C12H12BrF2N3/c1-2-18-12(8(13)6-17-18)11(16)7-4-3-5-9(14)10(7)15/h3-6,11H,2,16H2,1H3. The van der Waals surface area contributed by atoms with E-state index in [1.165, 1.54) is 12.1 Å². The minimum absolute atomic E-state index is 0.117. The van der Waals surface area contributed by atoms with Gasteiger partial charge in [0.1, 0.15) is 0 Å². The highest BCUT2D eigenvalue weighted by Crippen LogP contribution is 2.28. The molecule has 0 aliphatic rings. The third kappa shape index (κ3) is 2.18. The van der Waals surface area contributed by atoms with Gasteiger partial charge < -0.3 is 5.73 Å². The Bertz CT molecular complexity index is 568. The predicted octanol–water partition coefficient (Wildman–Crippen LogP) is 2.99. The molecule has 0 fully saturated rings. The van der Waals surface area contributed by atoms with Crippen LogP contribution in [-0.4, -0.2) is 9.78 Å². The molecule has 1 aromatic carbocycles. The summed E-state index contributed by atoms with van der Waals surface area (Å²) in [7, 11) is 0. The number of halogens is 3. The number of rotatable bonds is 3. The van der Waals surface area contributed by atoms with Gasteiger partial charge in [-0.15, -0.1) is 0 Å². The zero-order chi connectivity index (χ0) is 13.3. The number of hydrogen-bond donors (Lipinski definition) is 1. The zero-order valence-electron chi connectivity index (χ0n) is 9.70. The molecule has 3 nitrogen and oxygen atoms in total. The molecule has 0 saturated carbocycles. The fourth-order valence-corrected chi connectivity index (χ4v) is 2.38. The molecule has 96 valence electrons. The van der Waals surface area contributed by atoms with Gasteiger partial charge in [-0.2, -0.15) is 5.10 Å². The first-order chi connectivity index (χ1) is 8.56. The van der Waals surface area contributed by atoms with Gasteiger partial charge in [0.15, 0.2) is 11.6 Å². The Morgan fingerprint density at radius 2 is 2.17 bits per heavy atom. The molecule has 1 heterocycles. The lowest BCUT2D eigenvalue weighted by molar-refractivity contribution is 0.489. The highest BCUT2D eigenvalue weighted by molar-refractivity contribution is 9.10. The van der Waals surface area contributed by atoms with Gasteiger partial charge in [0.2, 0.25) is 0 Å². The molecule has 6 heteroatoms. The first-order valence-corrected chi connectivity index (χ1v) is 6.26. The second-order valence-electron chi connectivity index (χ2n) is 3.81. The minimum Gasteiger partial charge on any atom is -0.319 e. The van der Waals surface area contributed by atoms with Gasteiger partial charge in [-0.05, 0) is 28.9 Å². The van der Waals surface area contributed by atoms with Crippen molar-refractivity contribution < 1.29 is 8.78 Å². The van der Waals surface area contributed by atoms with Gasteiger partial charge in [0.05, 0.1) is 22.4 Å². The van der Waals surface area contributed by atoms with Crippen LogP contribution in [0.25, 0.3) is 0 Å². The molecule has 0 radical (unpaired) electrons. The highest BCUT2D eigenvalue weighted by atomic mass is 79.9. The third-order valence-electron chi connectivity index (χ3n) is 2.74. The van der Waals surface area contributed by atoms with E-state index in [-0.39, 0.29) is 5.56 Å². The lowest BCUT2D eigenvalue weighted by Crippen LogP contribution is -2.19. The van der Waals surface area contributed by atoms with Crippen LogP contribution in [0.4, 0.5) is 8.78 Å². The predicted molar refractivity (Wildman–Crippen MR) is 68.0 cm³/mol. The van der Waals surface area contributed by atoms with Crippen molar-refractivity contribution in [1.29, 1.82) is 0 Å². The Morgan fingerprint density at radius 3 is 2.83 bits per heavy atom. The van der Waals surface area contributed by atoms with Crippen molar-refractivity contribution >= 4 is 15.9 Å². The summed E-state index contributed by atoms with van der Waals surface area (Å²) in [6.45, 7) is 2.50. The molecule has 18 heavy (non-hydrogen) atoms. The molecule has 1 aromatic heterocycles. The van der Waals surface area contributed by atoms with Crippen LogP contribution >= 0.6 is 15.9 Å². The number of nitrogens with two attached hydrogens (primary N) is 1. The van der Waals surface area contributed by atoms with Gasteiger partial charge >= 0.3 is 0 Å². The van der Waals surface area contributed by atoms with Crippen LogP contribution in [0.3, 0.4) is 0 Å². The van der Waals surface area contributed by atoms with Crippen molar-refractivity contribution in [2.24, 2.45) is 5.73 Å². The van der Waals surface area contributed by atoms with Crippen LogP contribution < -0.4 is 5.73 Å². The van der Waals surface area contributed by atoms with Gasteiger partial charge in [0, 0.05) is 12.1 Å². The van der Waals surface area contributed by atoms with E-state index in [0.717, 1.165) is 6.07 Å². The van der Waals surface area contributed by atoms with Crippen LogP contribution in [0.15, 0.2) is 28.9 Å². The molecule has 1 unspecified atom stereocenters.